The molecular formula is C20H30O3. The Morgan fingerprint density at radius 1 is 1.22 bits per heavy atom. The zero-order valence-corrected chi connectivity index (χ0v) is 15.1. The Labute approximate surface area is 139 Å². The fraction of sp³-hybridized carbons (Fsp3) is 0.800. The molecule has 5 atom stereocenters. The summed E-state index contributed by atoms with van der Waals surface area (Å²) in [4.78, 5) is 25.8. The van der Waals surface area contributed by atoms with Gasteiger partial charge in [-0.05, 0) is 50.9 Å². The number of rotatable bonds is 1. The van der Waals surface area contributed by atoms with Crippen LogP contribution in [-0.2, 0) is 9.59 Å². The Hall–Kier alpha value is -0.960. The maximum Gasteiger partial charge on any atom is 0.142 e. The monoisotopic (exact) mass is 318 g/mol. The summed E-state index contributed by atoms with van der Waals surface area (Å²) >= 11 is 0. The molecule has 128 valence electrons. The molecule has 1 N–H and O–H groups in total. The first-order valence-corrected chi connectivity index (χ1v) is 9.08. The predicted molar refractivity (Wildman–Crippen MR) is 89.8 cm³/mol. The number of hydrogen-bond donors (Lipinski definition) is 1. The van der Waals surface area contributed by atoms with Crippen LogP contribution in [0.2, 0.25) is 0 Å². The maximum absolute atomic E-state index is 12.9. The van der Waals surface area contributed by atoms with Crippen molar-refractivity contribution in [3.05, 3.63) is 11.1 Å². The minimum Gasteiger partial charge on any atom is -0.388 e. The van der Waals surface area contributed by atoms with Crippen LogP contribution in [0.25, 0.3) is 0 Å². The van der Waals surface area contributed by atoms with Crippen molar-refractivity contribution < 1.29 is 14.7 Å². The number of fused-ring (bicyclic) bond motifs is 2. The summed E-state index contributed by atoms with van der Waals surface area (Å²) in [7, 11) is 0. The van der Waals surface area contributed by atoms with E-state index >= 15 is 0 Å². The summed E-state index contributed by atoms with van der Waals surface area (Å²) in [6, 6.07) is 0. The zero-order chi connectivity index (χ0) is 17.2. The van der Waals surface area contributed by atoms with Crippen molar-refractivity contribution in [1.29, 1.82) is 0 Å². The third-order valence-electron chi connectivity index (χ3n) is 7.32. The van der Waals surface area contributed by atoms with Crippen molar-refractivity contribution in [1.82, 2.24) is 0 Å². The second-order valence-electron chi connectivity index (χ2n) is 8.79. The molecule has 3 nitrogen and oxygen atoms in total. The number of hydrogen-bond acceptors (Lipinski definition) is 3. The summed E-state index contributed by atoms with van der Waals surface area (Å²) in [5.41, 5.74) is 0.617. The van der Waals surface area contributed by atoms with E-state index in [2.05, 4.69) is 20.8 Å². The SMILES string of the molecule is CC1=C2C[C@]3(C)C(=O)C[C@H](C(C)C)[C@@]3(O)CC(=O)[C@@H](C)[C@H]2CC1. The topological polar surface area (TPSA) is 54.4 Å². The molecule has 0 heterocycles. The van der Waals surface area contributed by atoms with Gasteiger partial charge in [-0.15, -0.1) is 0 Å². The van der Waals surface area contributed by atoms with E-state index in [4.69, 9.17) is 0 Å². The van der Waals surface area contributed by atoms with E-state index in [9.17, 15) is 14.7 Å². The van der Waals surface area contributed by atoms with Gasteiger partial charge in [-0.3, -0.25) is 9.59 Å². The first kappa shape index (κ1) is 16.9. The third-order valence-corrected chi connectivity index (χ3v) is 7.32. The Morgan fingerprint density at radius 3 is 2.48 bits per heavy atom. The Morgan fingerprint density at radius 2 is 1.87 bits per heavy atom. The summed E-state index contributed by atoms with van der Waals surface area (Å²) in [5.74, 6) is 0.593. The molecule has 3 aliphatic carbocycles. The van der Waals surface area contributed by atoms with Crippen LogP contribution in [0.5, 0.6) is 0 Å². The molecule has 2 saturated carbocycles. The molecule has 2 fully saturated rings. The molecule has 0 amide bonds. The Balaban J connectivity index is 2.13. The van der Waals surface area contributed by atoms with Crippen LogP contribution in [-0.4, -0.2) is 22.3 Å². The molecule has 0 unspecified atom stereocenters. The third kappa shape index (κ3) is 2.19. The first-order chi connectivity index (χ1) is 10.6. The summed E-state index contributed by atoms with van der Waals surface area (Å²) < 4.78 is 0. The van der Waals surface area contributed by atoms with Crippen molar-refractivity contribution in [2.45, 2.75) is 72.3 Å². The fourth-order valence-electron chi connectivity index (χ4n) is 5.50. The quantitative estimate of drug-likeness (QED) is 0.750. The number of Topliss-reactive ketones (excluding diaryl/α,β-unsaturated/α-hetero) is 2. The van der Waals surface area contributed by atoms with Crippen molar-refractivity contribution in [2.24, 2.45) is 29.1 Å². The normalized spacial score (nSPS) is 44.4. The van der Waals surface area contributed by atoms with Crippen LogP contribution in [0.1, 0.15) is 66.7 Å². The molecule has 23 heavy (non-hydrogen) atoms. The smallest absolute Gasteiger partial charge is 0.142 e. The van der Waals surface area contributed by atoms with Gasteiger partial charge in [0.15, 0.2) is 0 Å². The van der Waals surface area contributed by atoms with Crippen LogP contribution in [0.15, 0.2) is 11.1 Å². The second-order valence-corrected chi connectivity index (χ2v) is 8.79. The fourth-order valence-corrected chi connectivity index (χ4v) is 5.50. The first-order valence-electron chi connectivity index (χ1n) is 9.08. The molecule has 0 saturated heterocycles. The highest BCUT2D eigenvalue weighted by Crippen LogP contribution is 2.58. The van der Waals surface area contributed by atoms with Gasteiger partial charge < -0.3 is 5.11 Å². The lowest BCUT2D eigenvalue weighted by molar-refractivity contribution is -0.151. The van der Waals surface area contributed by atoms with E-state index in [0.29, 0.717) is 12.8 Å². The molecule has 3 aliphatic rings. The van der Waals surface area contributed by atoms with Crippen molar-refractivity contribution in [3.8, 4) is 0 Å². The molecule has 0 aliphatic heterocycles. The number of aliphatic hydroxyl groups is 1. The van der Waals surface area contributed by atoms with Gasteiger partial charge in [-0.1, -0.05) is 31.9 Å². The van der Waals surface area contributed by atoms with Gasteiger partial charge in [-0.25, -0.2) is 0 Å². The molecule has 0 aromatic rings. The Bertz CT molecular complexity index is 588. The zero-order valence-electron chi connectivity index (χ0n) is 15.1. The molecule has 3 heteroatoms. The minimum absolute atomic E-state index is 0.0421. The van der Waals surface area contributed by atoms with Crippen molar-refractivity contribution in [2.75, 3.05) is 0 Å². The summed E-state index contributed by atoms with van der Waals surface area (Å²) in [6.45, 7) is 10.2. The average Bonchev–Trinajstić information content (AvgIpc) is 2.90. The van der Waals surface area contributed by atoms with Crippen LogP contribution in [0, 0.1) is 29.1 Å². The van der Waals surface area contributed by atoms with E-state index < -0.39 is 11.0 Å². The summed E-state index contributed by atoms with van der Waals surface area (Å²) in [5, 5.41) is 11.6. The Kier molecular flexibility index (Phi) is 3.87. The van der Waals surface area contributed by atoms with Gasteiger partial charge in [0.25, 0.3) is 0 Å². The number of carbonyl (C=O) groups excluding carboxylic acids is 2. The lowest BCUT2D eigenvalue weighted by Crippen LogP contribution is -2.54. The standard InChI is InChI=1S/C20H30O3/c1-11(2)16-8-18(22)19(5)9-15-12(3)6-7-14(15)13(4)17(21)10-20(16,19)23/h11,13-14,16,23H,6-10H2,1-5H3/t13-,14+,16+,19+,20-/m0/s1. The lowest BCUT2D eigenvalue weighted by atomic mass is 9.60. The van der Waals surface area contributed by atoms with Crippen LogP contribution in [0.3, 0.4) is 0 Å². The highest BCUT2D eigenvalue weighted by molar-refractivity contribution is 5.92. The van der Waals surface area contributed by atoms with Gasteiger partial charge >= 0.3 is 0 Å². The molecule has 0 spiro atoms. The van der Waals surface area contributed by atoms with Crippen molar-refractivity contribution in [3.63, 3.8) is 0 Å². The number of allylic oxidation sites excluding steroid dienone is 2. The largest absolute Gasteiger partial charge is 0.388 e. The molecule has 0 bridgehead atoms. The van der Waals surface area contributed by atoms with Gasteiger partial charge in [0.05, 0.1) is 11.0 Å². The highest BCUT2D eigenvalue weighted by atomic mass is 16.3. The van der Waals surface area contributed by atoms with E-state index in [-0.39, 0.29) is 41.7 Å². The molecule has 3 rings (SSSR count). The number of carbonyl (C=O) groups is 2. The second kappa shape index (κ2) is 5.27. The van der Waals surface area contributed by atoms with Gasteiger partial charge in [-0.2, -0.15) is 0 Å². The van der Waals surface area contributed by atoms with E-state index in [1.165, 1.54) is 11.1 Å². The minimum atomic E-state index is -1.19. The van der Waals surface area contributed by atoms with E-state index in [1.807, 2.05) is 13.8 Å². The molecule has 0 radical (unpaired) electrons. The predicted octanol–water partition coefficient (Wildman–Crippen LogP) is 3.69. The van der Waals surface area contributed by atoms with Gasteiger partial charge in [0.2, 0.25) is 0 Å². The maximum atomic E-state index is 12.9. The van der Waals surface area contributed by atoms with Crippen LogP contribution >= 0.6 is 0 Å². The summed E-state index contributed by atoms with van der Waals surface area (Å²) in [6.07, 6.45) is 3.23. The van der Waals surface area contributed by atoms with Crippen LogP contribution < -0.4 is 0 Å². The molecular weight excluding hydrogens is 288 g/mol. The molecule has 0 aromatic heterocycles. The van der Waals surface area contributed by atoms with E-state index in [1.54, 1.807) is 0 Å². The average molecular weight is 318 g/mol. The lowest BCUT2D eigenvalue weighted by Gasteiger charge is -2.46. The van der Waals surface area contributed by atoms with E-state index in [0.717, 1.165) is 12.8 Å². The van der Waals surface area contributed by atoms with Gasteiger partial charge in [0.1, 0.15) is 11.6 Å². The van der Waals surface area contributed by atoms with Crippen molar-refractivity contribution >= 4 is 11.6 Å². The number of ketones is 2. The highest BCUT2D eigenvalue weighted by Gasteiger charge is 2.64. The molecule has 0 aromatic carbocycles. The van der Waals surface area contributed by atoms with Gasteiger partial charge in [0, 0.05) is 18.8 Å². The van der Waals surface area contributed by atoms with Crippen LogP contribution in [0.4, 0.5) is 0 Å².